The smallest absolute Gasteiger partial charge is 0.133 e. The maximum Gasteiger partial charge on any atom is 0.133 e. The van der Waals surface area contributed by atoms with Gasteiger partial charge in [-0.05, 0) is 38.0 Å². The zero-order valence-corrected chi connectivity index (χ0v) is 12.7. The molecule has 2 heteroatoms. The fourth-order valence-electron chi connectivity index (χ4n) is 3.25. The Kier molecular flexibility index (Phi) is 4.45. The third kappa shape index (κ3) is 3.21. The van der Waals surface area contributed by atoms with Crippen LogP contribution in [0.4, 0.5) is 0 Å². The Morgan fingerprint density at radius 2 is 1.71 bits per heavy atom. The number of hydrogen-bond acceptors (Lipinski definition) is 2. The third-order valence-corrected chi connectivity index (χ3v) is 4.45. The van der Waals surface area contributed by atoms with Crippen molar-refractivity contribution in [3.8, 4) is 5.75 Å². The lowest BCUT2D eigenvalue weighted by molar-refractivity contribution is 0.163. The minimum Gasteiger partial charge on any atom is -0.489 e. The van der Waals surface area contributed by atoms with Gasteiger partial charge in [0.15, 0.2) is 0 Å². The second-order valence-corrected chi connectivity index (χ2v) is 6.11. The lowest BCUT2D eigenvalue weighted by Gasteiger charge is -2.22. The van der Waals surface area contributed by atoms with E-state index in [1.54, 1.807) is 0 Å². The molecule has 1 fully saturated rings. The Balaban J connectivity index is 1.99. The van der Waals surface area contributed by atoms with Gasteiger partial charge in [-0.3, -0.25) is 0 Å². The molecule has 3 rings (SSSR count). The van der Waals surface area contributed by atoms with Crippen molar-refractivity contribution in [2.75, 3.05) is 0 Å². The zero-order valence-electron chi connectivity index (χ0n) is 12.7. The van der Waals surface area contributed by atoms with Gasteiger partial charge in [-0.2, -0.15) is 0 Å². The van der Waals surface area contributed by atoms with E-state index in [2.05, 4.69) is 18.2 Å². The Bertz CT molecular complexity index is 596. The van der Waals surface area contributed by atoms with Gasteiger partial charge in [0.05, 0.1) is 12.2 Å². The molecule has 0 amide bonds. The fourth-order valence-corrected chi connectivity index (χ4v) is 3.25. The van der Waals surface area contributed by atoms with Crippen molar-refractivity contribution in [2.45, 2.75) is 57.7 Å². The zero-order chi connectivity index (χ0) is 14.7. The molecule has 0 bridgehead atoms. The first-order chi connectivity index (χ1) is 10.3. The van der Waals surface area contributed by atoms with Crippen molar-refractivity contribution < 1.29 is 9.84 Å². The summed E-state index contributed by atoms with van der Waals surface area (Å²) in [5, 5.41) is 12.4. The minimum atomic E-state index is -0.504. The molecule has 0 heterocycles. The summed E-state index contributed by atoms with van der Waals surface area (Å²) < 4.78 is 6.38. The van der Waals surface area contributed by atoms with Crippen molar-refractivity contribution >= 4 is 10.8 Å². The molecule has 0 aliphatic heterocycles. The first kappa shape index (κ1) is 14.4. The van der Waals surface area contributed by atoms with Crippen molar-refractivity contribution in [2.24, 2.45) is 0 Å². The second-order valence-electron chi connectivity index (χ2n) is 6.11. The molecule has 0 radical (unpaired) electrons. The van der Waals surface area contributed by atoms with Crippen LogP contribution in [-0.2, 0) is 0 Å². The van der Waals surface area contributed by atoms with Gasteiger partial charge in [0.25, 0.3) is 0 Å². The topological polar surface area (TPSA) is 29.5 Å². The van der Waals surface area contributed by atoms with Gasteiger partial charge >= 0.3 is 0 Å². The van der Waals surface area contributed by atoms with E-state index in [4.69, 9.17) is 4.74 Å². The number of rotatable bonds is 3. The highest BCUT2D eigenvalue weighted by atomic mass is 16.5. The van der Waals surface area contributed by atoms with E-state index < -0.39 is 6.10 Å². The van der Waals surface area contributed by atoms with Crippen molar-refractivity contribution in [3.63, 3.8) is 0 Å². The summed E-state index contributed by atoms with van der Waals surface area (Å²) in [6.45, 7) is 1.81. The first-order valence-electron chi connectivity index (χ1n) is 8.12. The van der Waals surface area contributed by atoms with Crippen LogP contribution in [0.15, 0.2) is 36.4 Å². The first-order valence-corrected chi connectivity index (χ1v) is 8.12. The summed E-state index contributed by atoms with van der Waals surface area (Å²) in [5.74, 6) is 0.884. The van der Waals surface area contributed by atoms with Crippen LogP contribution >= 0.6 is 0 Å². The third-order valence-electron chi connectivity index (χ3n) is 4.45. The second kappa shape index (κ2) is 6.48. The normalized spacial score (nSPS) is 18.4. The standard InChI is InChI=1S/C19H24O2/c1-14(20)17-13-12-15-8-6-7-11-18(15)19(17)21-16-9-4-2-3-5-10-16/h6-8,11-14,16,20H,2-5,9-10H2,1H3/t14-/m0/s1. The monoisotopic (exact) mass is 284 g/mol. The molecule has 0 unspecified atom stereocenters. The molecule has 0 aromatic heterocycles. The molecule has 2 nitrogen and oxygen atoms in total. The Morgan fingerprint density at radius 1 is 1.00 bits per heavy atom. The van der Waals surface area contributed by atoms with Gasteiger partial charge in [-0.1, -0.05) is 49.2 Å². The average molecular weight is 284 g/mol. The van der Waals surface area contributed by atoms with E-state index in [-0.39, 0.29) is 6.10 Å². The molecule has 21 heavy (non-hydrogen) atoms. The maximum atomic E-state index is 10.1. The molecule has 1 aliphatic rings. The SMILES string of the molecule is C[C@H](O)c1ccc2ccccc2c1OC1CCCCCC1. The van der Waals surface area contributed by atoms with Gasteiger partial charge in [0, 0.05) is 10.9 Å². The number of ether oxygens (including phenoxy) is 1. The van der Waals surface area contributed by atoms with Gasteiger partial charge < -0.3 is 9.84 Å². The average Bonchev–Trinajstić information content (AvgIpc) is 2.76. The molecule has 1 atom stereocenters. The number of benzene rings is 2. The Hall–Kier alpha value is -1.54. The van der Waals surface area contributed by atoms with Crippen molar-refractivity contribution in [1.82, 2.24) is 0 Å². The number of aliphatic hydroxyl groups excluding tert-OH is 1. The number of fused-ring (bicyclic) bond motifs is 1. The molecule has 112 valence electrons. The molecule has 1 saturated carbocycles. The Morgan fingerprint density at radius 3 is 2.43 bits per heavy atom. The summed E-state index contributed by atoms with van der Waals surface area (Å²) >= 11 is 0. The van der Waals surface area contributed by atoms with Crippen LogP contribution in [0.1, 0.15) is 57.1 Å². The van der Waals surface area contributed by atoms with Crippen LogP contribution in [0.2, 0.25) is 0 Å². The molecular formula is C19H24O2. The van der Waals surface area contributed by atoms with Gasteiger partial charge in [0.1, 0.15) is 5.75 Å². The van der Waals surface area contributed by atoms with Gasteiger partial charge in [0.2, 0.25) is 0 Å². The van der Waals surface area contributed by atoms with E-state index in [9.17, 15) is 5.11 Å². The highest BCUT2D eigenvalue weighted by Gasteiger charge is 2.19. The molecule has 2 aromatic rings. The summed E-state index contributed by atoms with van der Waals surface area (Å²) in [7, 11) is 0. The highest BCUT2D eigenvalue weighted by molar-refractivity contribution is 5.89. The number of hydrogen-bond donors (Lipinski definition) is 1. The van der Waals surface area contributed by atoms with E-state index in [1.807, 2.05) is 25.1 Å². The number of aliphatic hydroxyl groups is 1. The fraction of sp³-hybridized carbons (Fsp3) is 0.474. The molecule has 2 aromatic carbocycles. The van der Waals surface area contributed by atoms with Crippen LogP contribution < -0.4 is 4.74 Å². The highest BCUT2D eigenvalue weighted by Crippen LogP contribution is 2.35. The van der Waals surface area contributed by atoms with E-state index in [1.165, 1.54) is 31.1 Å². The minimum absolute atomic E-state index is 0.288. The van der Waals surface area contributed by atoms with Crippen LogP contribution in [0.3, 0.4) is 0 Å². The van der Waals surface area contributed by atoms with Gasteiger partial charge in [-0.25, -0.2) is 0 Å². The van der Waals surface area contributed by atoms with Gasteiger partial charge in [-0.15, -0.1) is 0 Å². The van der Waals surface area contributed by atoms with E-state index >= 15 is 0 Å². The largest absolute Gasteiger partial charge is 0.489 e. The molecule has 1 aliphatic carbocycles. The molecule has 0 saturated heterocycles. The summed E-state index contributed by atoms with van der Waals surface area (Å²) in [6, 6.07) is 12.3. The van der Waals surface area contributed by atoms with Crippen LogP contribution in [0.5, 0.6) is 5.75 Å². The lowest BCUT2D eigenvalue weighted by Crippen LogP contribution is -2.16. The van der Waals surface area contributed by atoms with Crippen LogP contribution in [-0.4, -0.2) is 11.2 Å². The molecule has 0 spiro atoms. The van der Waals surface area contributed by atoms with Crippen molar-refractivity contribution in [3.05, 3.63) is 42.0 Å². The molecule has 1 N–H and O–H groups in total. The van der Waals surface area contributed by atoms with Crippen LogP contribution in [0.25, 0.3) is 10.8 Å². The van der Waals surface area contributed by atoms with E-state index in [0.29, 0.717) is 0 Å². The predicted molar refractivity (Wildman–Crippen MR) is 86.7 cm³/mol. The Labute approximate surface area is 126 Å². The maximum absolute atomic E-state index is 10.1. The lowest BCUT2D eigenvalue weighted by atomic mass is 10.0. The van der Waals surface area contributed by atoms with E-state index in [0.717, 1.165) is 29.5 Å². The predicted octanol–water partition coefficient (Wildman–Crippen LogP) is 4.99. The summed E-state index contributed by atoms with van der Waals surface area (Å²) in [4.78, 5) is 0. The summed E-state index contributed by atoms with van der Waals surface area (Å²) in [5.41, 5.74) is 0.901. The van der Waals surface area contributed by atoms with Crippen LogP contribution in [0, 0.1) is 0 Å². The summed E-state index contributed by atoms with van der Waals surface area (Å²) in [6.07, 6.45) is 7.17. The molecular weight excluding hydrogens is 260 g/mol. The van der Waals surface area contributed by atoms with Crippen molar-refractivity contribution in [1.29, 1.82) is 0 Å². The quantitative estimate of drug-likeness (QED) is 0.804.